The molecule has 0 aliphatic carbocycles. The van der Waals surface area contributed by atoms with Crippen molar-refractivity contribution in [1.82, 2.24) is 24.6 Å². The minimum atomic E-state index is -0.418. The molecular formula is C29H32F2N6O. The van der Waals surface area contributed by atoms with Crippen molar-refractivity contribution in [2.45, 2.75) is 46.0 Å². The summed E-state index contributed by atoms with van der Waals surface area (Å²) in [6, 6.07) is 12.1. The first kappa shape index (κ1) is 25.8. The SMILES string of the molecule is CCC[C@@H](C)c1nc(N2CCCN(C(=O)c3cccc(F)c3)CC2)c2c(C)nn(-c3ccc(F)cc3)c2n1. The van der Waals surface area contributed by atoms with E-state index in [0.29, 0.717) is 37.4 Å². The highest BCUT2D eigenvalue weighted by atomic mass is 19.1. The van der Waals surface area contributed by atoms with Crippen LogP contribution in [0.3, 0.4) is 0 Å². The number of halogens is 2. The highest BCUT2D eigenvalue weighted by molar-refractivity contribution is 5.94. The maximum Gasteiger partial charge on any atom is 0.254 e. The van der Waals surface area contributed by atoms with Crippen molar-refractivity contribution in [2.24, 2.45) is 0 Å². The zero-order valence-corrected chi connectivity index (χ0v) is 22.0. The van der Waals surface area contributed by atoms with E-state index in [9.17, 15) is 13.6 Å². The van der Waals surface area contributed by atoms with Crippen molar-refractivity contribution in [3.63, 3.8) is 0 Å². The van der Waals surface area contributed by atoms with Crippen molar-refractivity contribution in [2.75, 3.05) is 31.1 Å². The van der Waals surface area contributed by atoms with Gasteiger partial charge in [-0.3, -0.25) is 4.79 Å². The van der Waals surface area contributed by atoms with Crippen LogP contribution in [0.4, 0.5) is 14.6 Å². The normalized spacial score (nSPS) is 15.1. The van der Waals surface area contributed by atoms with E-state index in [0.717, 1.165) is 47.7 Å². The van der Waals surface area contributed by atoms with Crippen molar-refractivity contribution in [1.29, 1.82) is 0 Å². The summed E-state index contributed by atoms with van der Waals surface area (Å²) in [7, 11) is 0. The van der Waals surface area contributed by atoms with Gasteiger partial charge in [0.2, 0.25) is 0 Å². The van der Waals surface area contributed by atoms with E-state index >= 15 is 0 Å². The Bertz CT molecular complexity index is 1450. The van der Waals surface area contributed by atoms with Crippen molar-refractivity contribution in [3.05, 3.63) is 77.2 Å². The van der Waals surface area contributed by atoms with Gasteiger partial charge in [0.1, 0.15) is 23.3 Å². The molecule has 0 spiro atoms. The molecule has 0 bridgehead atoms. The second kappa shape index (κ2) is 10.8. The number of aromatic nitrogens is 4. The van der Waals surface area contributed by atoms with E-state index in [1.807, 2.05) is 6.92 Å². The van der Waals surface area contributed by atoms with Crippen LogP contribution in [0, 0.1) is 18.6 Å². The number of amides is 1. The number of fused-ring (bicyclic) bond motifs is 1. The molecular weight excluding hydrogens is 486 g/mol. The fourth-order valence-corrected chi connectivity index (χ4v) is 5.09. The van der Waals surface area contributed by atoms with Crippen LogP contribution in [-0.4, -0.2) is 56.7 Å². The lowest BCUT2D eigenvalue weighted by molar-refractivity contribution is 0.0766. The molecule has 1 aliphatic rings. The summed E-state index contributed by atoms with van der Waals surface area (Å²) in [5.74, 6) is 0.803. The van der Waals surface area contributed by atoms with Gasteiger partial charge in [0, 0.05) is 37.7 Å². The van der Waals surface area contributed by atoms with Crippen molar-refractivity contribution >= 4 is 22.8 Å². The lowest BCUT2D eigenvalue weighted by Gasteiger charge is -2.24. The molecule has 7 nitrogen and oxygen atoms in total. The first-order valence-corrected chi connectivity index (χ1v) is 13.2. The molecule has 0 radical (unpaired) electrons. The Morgan fingerprint density at radius 1 is 1.00 bits per heavy atom. The van der Waals surface area contributed by atoms with Crippen molar-refractivity contribution in [3.8, 4) is 5.69 Å². The average Bonchev–Trinajstić information content (AvgIpc) is 3.08. The Morgan fingerprint density at radius 3 is 2.53 bits per heavy atom. The molecule has 0 N–H and O–H groups in total. The van der Waals surface area contributed by atoms with Gasteiger partial charge in [0.15, 0.2) is 5.65 Å². The third-order valence-corrected chi connectivity index (χ3v) is 7.09. The smallest absolute Gasteiger partial charge is 0.254 e. The summed E-state index contributed by atoms with van der Waals surface area (Å²) in [6.45, 7) is 8.56. The Morgan fingerprint density at radius 2 is 1.79 bits per heavy atom. The van der Waals surface area contributed by atoms with Gasteiger partial charge in [-0.1, -0.05) is 26.3 Å². The molecule has 5 rings (SSSR count). The van der Waals surface area contributed by atoms with E-state index in [1.165, 1.54) is 24.3 Å². The van der Waals surface area contributed by atoms with E-state index < -0.39 is 5.82 Å². The number of hydrogen-bond donors (Lipinski definition) is 0. The van der Waals surface area contributed by atoms with Crippen LogP contribution in [0.5, 0.6) is 0 Å². The van der Waals surface area contributed by atoms with E-state index in [1.54, 1.807) is 33.8 Å². The standard InChI is InChI=1S/C29H32F2N6O/c1-4-7-19(2)26-32-27(25-20(3)34-37(28(25)33-26)24-12-10-22(30)11-13-24)35-14-6-15-36(17-16-35)29(38)21-8-5-9-23(31)18-21/h5,8-13,18-19H,4,6-7,14-17H2,1-3H3/t19-/m1/s1. The summed E-state index contributed by atoms with van der Waals surface area (Å²) >= 11 is 0. The minimum absolute atomic E-state index is 0.151. The van der Waals surface area contributed by atoms with Gasteiger partial charge >= 0.3 is 0 Å². The van der Waals surface area contributed by atoms with E-state index in [4.69, 9.17) is 15.1 Å². The number of hydrogen-bond acceptors (Lipinski definition) is 5. The fraction of sp³-hybridized carbons (Fsp3) is 0.379. The Balaban J connectivity index is 1.52. The van der Waals surface area contributed by atoms with Crippen LogP contribution in [0.25, 0.3) is 16.7 Å². The zero-order valence-electron chi connectivity index (χ0n) is 22.0. The number of nitrogens with zero attached hydrogens (tertiary/aromatic N) is 6. The molecule has 198 valence electrons. The molecule has 38 heavy (non-hydrogen) atoms. The molecule has 3 heterocycles. The lowest BCUT2D eigenvalue weighted by Crippen LogP contribution is -2.35. The van der Waals surface area contributed by atoms with Crippen LogP contribution in [0.1, 0.15) is 60.9 Å². The first-order valence-electron chi connectivity index (χ1n) is 13.2. The second-order valence-corrected chi connectivity index (χ2v) is 9.91. The van der Waals surface area contributed by atoms with E-state index in [2.05, 4.69) is 18.7 Å². The lowest BCUT2D eigenvalue weighted by atomic mass is 10.1. The summed E-state index contributed by atoms with van der Waals surface area (Å²) in [5, 5.41) is 5.62. The summed E-state index contributed by atoms with van der Waals surface area (Å²) < 4.78 is 29.1. The van der Waals surface area contributed by atoms with E-state index in [-0.39, 0.29) is 17.6 Å². The Kier molecular flexibility index (Phi) is 7.35. The molecule has 1 amide bonds. The molecule has 1 atom stereocenters. The van der Waals surface area contributed by atoms with Gasteiger partial charge in [-0.2, -0.15) is 5.10 Å². The summed E-state index contributed by atoms with van der Waals surface area (Å²) in [5.41, 5.74) is 2.56. The molecule has 2 aromatic carbocycles. The van der Waals surface area contributed by atoms with Gasteiger partial charge < -0.3 is 9.80 Å². The number of anilines is 1. The Labute approximate surface area is 221 Å². The molecule has 0 unspecified atom stereocenters. The van der Waals surface area contributed by atoms with Crippen LogP contribution in [0.15, 0.2) is 48.5 Å². The average molecular weight is 519 g/mol. The van der Waals surface area contributed by atoms with Gasteiger partial charge in [0.25, 0.3) is 5.91 Å². The maximum atomic E-state index is 13.7. The van der Waals surface area contributed by atoms with Gasteiger partial charge in [-0.15, -0.1) is 0 Å². The van der Waals surface area contributed by atoms with Crippen molar-refractivity contribution < 1.29 is 13.6 Å². The highest BCUT2D eigenvalue weighted by Crippen LogP contribution is 2.32. The predicted octanol–water partition coefficient (Wildman–Crippen LogP) is 5.66. The van der Waals surface area contributed by atoms with Crippen LogP contribution >= 0.6 is 0 Å². The first-order chi connectivity index (χ1) is 18.4. The molecule has 9 heteroatoms. The molecule has 2 aromatic heterocycles. The highest BCUT2D eigenvalue weighted by Gasteiger charge is 2.26. The summed E-state index contributed by atoms with van der Waals surface area (Å²) in [4.78, 5) is 27.1. The largest absolute Gasteiger partial charge is 0.354 e. The summed E-state index contributed by atoms with van der Waals surface area (Å²) in [6.07, 6.45) is 2.71. The number of benzene rings is 2. The number of carbonyl (C=O) groups is 1. The maximum absolute atomic E-state index is 13.7. The number of aryl methyl sites for hydroxylation is 1. The topological polar surface area (TPSA) is 67.2 Å². The third-order valence-electron chi connectivity index (χ3n) is 7.09. The molecule has 1 fully saturated rings. The number of carbonyl (C=O) groups excluding carboxylic acids is 1. The minimum Gasteiger partial charge on any atom is -0.354 e. The zero-order chi connectivity index (χ0) is 26.8. The van der Waals surface area contributed by atoms with Gasteiger partial charge in [-0.05, 0) is 62.2 Å². The van der Waals surface area contributed by atoms with Crippen LogP contribution in [0.2, 0.25) is 0 Å². The predicted molar refractivity (Wildman–Crippen MR) is 144 cm³/mol. The quantitative estimate of drug-likeness (QED) is 0.330. The number of rotatable bonds is 6. The molecule has 4 aromatic rings. The fourth-order valence-electron chi connectivity index (χ4n) is 5.09. The van der Waals surface area contributed by atoms with Gasteiger partial charge in [0.05, 0.1) is 16.8 Å². The Hall–Kier alpha value is -3.88. The third kappa shape index (κ3) is 5.10. The monoisotopic (exact) mass is 518 g/mol. The van der Waals surface area contributed by atoms with Gasteiger partial charge in [-0.25, -0.2) is 23.4 Å². The van der Waals surface area contributed by atoms with Crippen LogP contribution < -0.4 is 4.90 Å². The molecule has 0 saturated carbocycles. The molecule has 1 aliphatic heterocycles. The van der Waals surface area contributed by atoms with Crippen LogP contribution in [-0.2, 0) is 0 Å². The second-order valence-electron chi connectivity index (χ2n) is 9.91. The molecule has 1 saturated heterocycles.